The molecule has 1 aliphatic rings. The van der Waals surface area contributed by atoms with Crippen LogP contribution in [0.25, 0.3) is 17.0 Å². The summed E-state index contributed by atoms with van der Waals surface area (Å²) in [7, 11) is 0. The second-order valence-electron chi connectivity index (χ2n) is 7.57. The van der Waals surface area contributed by atoms with Gasteiger partial charge in [0.05, 0.1) is 29.5 Å². The predicted octanol–water partition coefficient (Wildman–Crippen LogP) is 2.63. The van der Waals surface area contributed by atoms with E-state index in [2.05, 4.69) is 30.4 Å². The van der Waals surface area contributed by atoms with Gasteiger partial charge in [0.1, 0.15) is 17.4 Å². The number of halogens is 3. The molecule has 1 aliphatic heterocycles. The molecule has 0 bridgehead atoms. The highest BCUT2D eigenvalue weighted by Crippen LogP contribution is 2.34. The van der Waals surface area contributed by atoms with Gasteiger partial charge in [0.2, 0.25) is 0 Å². The molecule has 1 N–H and O–H groups in total. The van der Waals surface area contributed by atoms with Gasteiger partial charge in [-0.25, -0.2) is 18.6 Å². The Morgan fingerprint density at radius 2 is 2.18 bits per heavy atom. The quantitative estimate of drug-likeness (QED) is 0.429. The fourth-order valence-corrected chi connectivity index (χ4v) is 4.03. The number of nitrogens with zero attached hydrogens (tertiary/aromatic N) is 8. The van der Waals surface area contributed by atoms with E-state index in [-0.39, 0.29) is 29.4 Å². The molecule has 1 atom stereocenters. The molecular weight excluding hydrogens is 455 g/mol. The molecule has 0 spiro atoms. The summed E-state index contributed by atoms with van der Waals surface area (Å²) < 4.78 is 47.2. The number of carbonyl (C=O) groups excluding carboxylic acids is 1. The van der Waals surface area contributed by atoms with Crippen LogP contribution >= 0.6 is 0 Å². The Hall–Kier alpha value is -4.49. The Morgan fingerprint density at radius 3 is 2.97 bits per heavy atom. The van der Waals surface area contributed by atoms with Gasteiger partial charge in [0.25, 0.3) is 5.89 Å². The minimum absolute atomic E-state index is 0.126. The molecule has 1 amide bonds. The van der Waals surface area contributed by atoms with Gasteiger partial charge < -0.3 is 14.3 Å². The number of H-pyrrole nitrogens is 1. The minimum Gasteiger partial charge on any atom is -0.412 e. The van der Waals surface area contributed by atoms with Crippen LogP contribution in [0.3, 0.4) is 0 Å². The second kappa shape index (κ2) is 7.54. The van der Waals surface area contributed by atoms with Crippen LogP contribution in [0.1, 0.15) is 40.4 Å². The number of carbonyl (C=O) groups is 1. The lowest BCUT2D eigenvalue weighted by molar-refractivity contribution is 0.0566. The van der Waals surface area contributed by atoms with Crippen molar-refractivity contribution in [3.63, 3.8) is 0 Å². The standard InChI is InChI=1S/C20H14F3N9O2/c21-11-2-1-4-31-14(11)6-13(29-31)16-15-12(24-9-25-15)3-5-30(16)19(33)18-28-27-17(34-18)10-7-26-32(8-10)20(22)23/h1-2,4,6-9,16,20H,3,5H2,(H,24,25). The fourth-order valence-electron chi connectivity index (χ4n) is 4.03. The smallest absolute Gasteiger partial charge is 0.333 e. The number of rotatable bonds is 4. The van der Waals surface area contributed by atoms with Gasteiger partial charge >= 0.3 is 18.3 Å². The maximum atomic E-state index is 14.3. The van der Waals surface area contributed by atoms with Crippen molar-refractivity contribution in [2.24, 2.45) is 0 Å². The molecule has 0 saturated carbocycles. The van der Waals surface area contributed by atoms with E-state index < -0.39 is 24.3 Å². The van der Waals surface area contributed by atoms with Crippen LogP contribution in [0.2, 0.25) is 0 Å². The van der Waals surface area contributed by atoms with E-state index in [1.54, 1.807) is 12.3 Å². The summed E-state index contributed by atoms with van der Waals surface area (Å²) in [4.78, 5) is 22.3. The van der Waals surface area contributed by atoms with E-state index in [1.807, 2.05) is 0 Å². The normalized spacial score (nSPS) is 15.9. The summed E-state index contributed by atoms with van der Waals surface area (Å²) in [6.07, 6.45) is 5.79. The van der Waals surface area contributed by atoms with Gasteiger partial charge in [-0.1, -0.05) is 0 Å². The SMILES string of the molecule is O=C(c1nnc(-c2cnn(C(F)F)c2)o1)N1CCc2[nH]cnc2C1c1cc2c(F)cccn2n1. The van der Waals surface area contributed by atoms with E-state index in [4.69, 9.17) is 4.42 Å². The van der Waals surface area contributed by atoms with Gasteiger partial charge in [0.15, 0.2) is 0 Å². The maximum absolute atomic E-state index is 14.3. The van der Waals surface area contributed by atoms with Crippen molar-refractivity contribution in [2.45, 2.75) is 19.0 Å². The molecule has 0 aromatic carbocycles. The van der Waals surface area contributed by atoms with Crippen LogP contribution in [-0.2, 0) is 6.42 Å². The van der Waals surface area contributed by atoms with Crippen LogP contribution in [0, 0.1) is 5.82 Å². The van der Waals surface area contributed by atoms with E-state index in [1.165, 1.54) is 27.9 Å². The van der Waals surface area contributed by atoms with Crippen molar-refractivity contribution < 1.29 is 22.4 Å². The van der Waals surface area contributed by atoms with Gasteiger partial charge in [-0.3, -0.25) is 4.79 Å². The number of nitrogens with one attached hydrogen (secondary N) is 1. The Bertz CT molecular complexity index is 1520. The molecule has 34 heavy (non-hydrogen) atoms. The summed E-state index contributed by atoms with van der Waals surface area (Å²) in [6, 6.07) is 3.67. The summed E-state index contributed by atoms with van der Waals surface area (Å²) in [5.74, 6) is -1.52. The highest BCUT2D eigenvalue weighted by atomic mass is 19.3. The van der Waals surface area contributed by atoms with Gasteiger partial charge in [-0.05, 0) is 18.2 Å². The second-order valence-corrected chi connectivity index (χ2v) is 7.57. The predicted molar refractivity (Wildman–Crippen MR) is 107 cm³/mol. The van der Waals surface area contributed by atoms with E-state index in [0.29, 0.717) is 22.5 Å². The zero-order chi connectivity index (χ0) is 23.4. The average molecular weight is 469 g/mol. The van der Waals surface area contributed by atoms with Crippen molar-refractivity contribution in [1.29, 1.82) is 0 Å². The van der Waals surface area contributed by atoms with Crippen molar-refractivity contribution in [1.82, 2.24) is 44.5 Å². The number of aromatic amines is 1. The Balaban J connectivity index is 1.37. The molecule has 0 fully saturated rings. The van der Waals surface area contributed by atoms with Crippen molar-refractivity contribution >= 4 is 11.4 Å². The van der Waals surface area contributed by atoms with Crippen LogP contribution in [0.15, 0.2) is 47.5 Å². The van der Waals surface area contributed by atoms with E-state index in [9.17, 15) is 18.0 Å². The van der Waals surface area contributed by atoms with Crippen molar-refractivity contribution in [3.05, 3.63) is 71.9 Å². The molecule has 5 aromatic rings. The first kappa shape index (κ1) is 20.1. The monoisotopic (exact) mass is 469 g/mol. The number of imidazole rings is 1. The number of amides is 1. The van der Waals surface area contributed by atoms with Crippen LogP contribution in [-0.4, -0.2) is 56.9 Å². The molecule has 172 valence electrons. The Morgan fingerprint density at radius 1 is 1.29 bits per heavy atom. The molecule has 1 unspecified atom stereocenters. The summed E-state index contributed by atoms with van der Waals surface area (Å²) in [5, 5.41) is 15.6. The zero-order valence-electron chi connectivity index (χ0n) is 17.1. The third kappa shape index (κ3) is 3.14. The lowest BCUT2D eigenvalue weighted by atomic mass is 9.99. The lowest BCUT2D eigenvalue weighted by Gasteiger charge is -2.32. The summed E-state index contributed by atoms with van der Waals surface area (Å²) in [6.45, 7) is -2.55. The molecule has 11 nitrogen and oxygen atoms in total. The zero-order valence-corrected chi connectivity index (χ0v) is 17.1. The molecule has 14 heteroatoms. The number of hydrogen-bond donors (Lipinski definition) is 1. The molecule has 6 rings (SSSR count). The first-order chi connectivity index (χ1) is 16.5. The Kier molecular flexibility index (Phi) is 4.46. The number of hydrogen-bond acceptors (Lipinski definition) is 7. The van der Waals surface area contributed by atoms with E-state index in [0.717, 1.165) is 18.1 Å². The first-order valence-electron chi connectivity index (χ1n) is 10.1. The van der Waals surface area contributed by atoms with Gasteiger partial charge in [0, 0.05) is 31.1 Å². The third-order valence-corrected chi connectivity index (χ3v) is 5.59. The number of pyridine rings is 1. The summed E-state index contributed by atoms with van der Waals surface area (Å²) in [5.41, 5.74) is 2.21. The van der Waals surface area contributed by atoms with Gasteiger partial charge in [-0.15, -0.1) is 10.2 Å². The molecule has 0 aliphatic carbocycles. The molecule has 0 saturated heterocycles. The topological polar surface area (TPSA) is 123 Å². The molecule has 6 heterocycles. The number of aromatic nitrogens is 8. The van der Waals surface area contributed by atoms with Crippen LogP contribution in [0.4, 0.5) is 13.2 Å². The van der Waals surface area contributed by atoms with Crippen LogP contribution in [0.5, 0.6) is 0 Å². The highest BCUT2D eigenvalue weighted by Gasteiger charge is 2.38. The molecule has 5 aromatic heterocycles. The van der Waals surface area contributed by atoms with Crippen molar-refractivity contribution in [2.75, 3.05) is 6.54 Å². The van der Waals surface area contributed by atoms with Gasteiger partial charge in [-0.2, -0.15) is 19.0 Å². The third-order valence-electron chi connectivity index (χ3n) is 5.59. The number of fused-ring (bicyclic) bond motifs is 2. The number of alkyl halides is 2. The van der Waals surface area contributed by atoms with E-state index >= 15 is 0 Å². The fraction of sp³-hybridized carbons (Fsp3) is 0.200. The minimum atomic E-state index is -2.83. The largest absolute Gasteiger partial charge is 0.412 e. The maximum Gasteiger partial charge on any atom is 0.333 e. The lowest BCUT2D eigenvalue weighted by Crippen LogP contribution is -2.41. The molecule has 0 radical (unpaired) electrons. The summed E-state index contributed by atoms with van der Waals surface area (Å²) >= 11 is 0. The Labute approximate surface area is 187 Å². The van der Waals surface area contributed by atoms with Crippen LogP contribution < -0.4 is 0 Å². The highest BCUT2D eigenvalue weighted by molar-refractivity contribution is 5.90. The molecular formula is C20H14F3N9O2. The first-order valence-corrected chi connectivity index (χ1v) is 10.1. The van der Waals surface area contributed by atoms with Crippen molar-refractivity contribution in [3.8, 4) is 11.5 Å². The average Bonchev–Trinajstić information content (AvgIpc) is 3.62.